The van der Waals surface area contributed by atoms with Gasteiger partial charge in [-0.2, -0.15) is 0 Å². The van der Waals surface area contributed by atoms with E-state index in [2.05, 4.69) is 5.32 Å². The molecule has 0 aliphatic carbocycles. The Labute approximate surface area is 210 Å². The van der Waals surface area contributed by atoms with Gasteiger partial charge in [-0.1, -0.05) is 17.7 Å². The lowest BCUT2D eigenvalue weighted by molar-refractivity contribution is 0.103. The molecule has 1 heterocycles. The second-order valence-corrected chi connectivity index (χ2v) is 11.4. The first-order chi connectivity index (χ1) is 16.6. The monoisotopic (exact) mass is 508 g/mol. The fraction of sp³-hybridized carbons (Fsp3) is 0.222. The summed E-state index contributed by atoms with van der Waals surface area (Å²) in [7, 11) is -2.22. The first-order valence-electron chi connectivity index (χ1n) is 11.2. The van der Waals surface area contributed by atoms with Gasteiger partial charge in [-0.3, -0.25) is 9.10 Å². The van der Waals surface area contributed by atoms with E-state index in [9.17, 15) is 13.2 Å². The highest BCUT2D eigenvalue weighted by molar-refractivity contribution is 7.92. The molecule has 0 saturated heterocycles. The number of nitrogens with zero attached hydrogens (tertiary/aromatic N) is 1. The van der Waals surface area contributed by atoms with Gasteiger partial charge < -0.3 is 10.1 Å². The van der Waals surface area contributed by atoms with Crippen LogP contribution < -0.4 is 14.4 Å². The number of carbonyl (C=O) groups is 1. The van der Waals surface area contributed by atoms with Crippen LogP contribution in [-0.4, -0.2) is 28.0 Å². The van der Waals surface area contributed by atoms with Crippen LogP contribution in [0.5, 0.6) is 5.75 Å². The van der Waals surface area contributed by atoms with Crippen molar-refractivity contribution in [3.05, 3.63) is 82.2 Å². The van der Waals surface area contributed by atoms with Crippen molar-refractivity contribution in [3.63, 3.8) is 0 Å². The Morgan fingerprint density at radius 3 is 2.23 bits per heavy atom. The van der Waals surface area contributed by atoms with Gasteiger partial charge in [0.05, 0.1) is 22.6 Å². The summed E-state index contributed by atoms with van der Waals surface area (Å²) in [6.07, 6.45) is 0. The lowest BCUT2D eigenvalue weighted by Gasteiger charge is -2.23. The van der Waals surface area contributed by atoms with Gasteiger partial charge in [0.25, 0.3) is 15.9 Å². The molecule has 3 aromatic carbocycles. The minimum atomic E-state index is -3.76. The van der Waals surface area contributed by atoms with E-state index in [1.54, 1.807) is 25.1 Å². The number of rotatable bonds is 7. The smallest absolute Gasteiger partial charge is 0.265 e. The van der Waals surface area contributed by atoms with Crippen LogP contribution in [0.1, 0.15) is 33.3 Å². The number of benzene rings is 3. The Morgan fingerprint density at radius 1 is 0.971 bits per heavy atom. The zero-order chi connectivity index (χ0) is 25.3. The van der Waals surface area contributed by atoms with Crippen molar-refractivity contribution < 1.29 is 17.9 Å². The summed E-state index contributed by atoms with van der Waals surface area (Å²) in [5.41, 5.74) is 4.55. The first kappa shape index (κ1) is 24.8. The zero-order valence-electron chi connectivity index (χ0n) is 20.4. The fourth-order valence-electron chi connectivity index (χ4n) is 4.22. The molecule has 35 heavy (non-hydrogen) atoms. The van der Waals surface area contributed by atoms with E-state index in [0.29, 0.717) is 16.3 Å². The molecule has 1 N–H and O–H groups in total. The molecule has 0 spiro atoms. The highest BCUT2D eigenvalue weighted by Gasteiger charge is 2.24. The normalized spacial score (nSPS) is 11.5. The lowest BCUT2D eigenvalue weighted by atomic mass is 10.1. The number of ether oxygens (including phenoxy) is 1. The largest absolute Gasteiger partial charge is 0.497 e. The van der Waals surface area contributed by atoms with Crippen LogP contribution in [0.25, 0.3) is 10.1 Å². The second-order valence-electron chi connectivity index (χ2n) is 8.41. The summed E-state index contributed by atoms with van der Waals surface area (Å²) in [6, 6.07) is 17.7. The van der Waals surface area contributed by atoms with Crippen LogP contribution in [0.2, 0.25) is 0 Å². The van der Waals surface area contributed by atoms with Crippen molar-refractivity contribution in [2.75, 3.05) is 23.3 Å². The van der Waals surface area contributed by atoms with Gasteiger partial charge in [0, 0.05) is 16.9 Å². The maximum absolute atomic E-state index is 13.3. The number of carbonyl (C=O) groups excluding carboxylic acids is 1. The zero-order valence-corrected chi connectivity index (χ0v) is 22.0. The molecule has 0 atom stereocenters. The molecule has 182 valence electrons. The molecule has 8 heteroatoms. The SMILES string of the molecule is CCN(c1ccc2sc(C(=O)Nc3c(C)cc(C)cc3C)cc2c1)S(=O)(=O)c1ccc(OC)cc1. The number of thiophene rings is 1. The summed E-state index contributed by atoms with van der Waals surface area (Å²) >= 11 is 1.38. The van der Waals surface area contributed by atoms with E-state index < -0.39 is 10.0 Å². The summed E-state index contributed by atoms with van der Waals surface area (Å²) in [5, 5.41) is 3.86. The highest BCUT2D eigenvalue weighted by Crippen LogP contribution is 2.33. The van der Waals surface area contributed by atoms with E-state index in [4.69, 9.17) is 4.74 Å². The van der Waals surface area contributed by atoms with Gasteiger partial charge in [0.15, 0.2) is 0 Å². The van der Waals surface area contributed by atoms with Crippen molar-refractivity contribution >= 4 is 48.7 Å². The predicted molar refractivity (Wildman–Crippen MR) is 144 cm³/mol. The summed E-state index contributed by atoms with van der Waals surface area (Å²) < 4.78 is 34.1. The topological polar surface area (TPSA) is 75.7 Å². The second kappa shape index (κ2) is 9.71. The summed E-state index contributed by atoms with van der Waals surface area (Å²) in [4.78, 5) is 13.8. The maximum atomic E-state index is 13.3. The van der Waals surface area contributed by atoms with Gasteiger partial charge in [-0.25, -0.2) is 8.42 Å². The molecule has 6 nitrogen and oxygen atoms in total. The third-order valence-corrected chi connectivity index (χ3v) is 8.89. The number of hydrogen-bond donors (Lipinski definition) is 1. The van der Waals surface area contributed by atoms with Crippen LogP contribution in [0.3, 0.4) is 0 Å². The number of amides is 1. The van der Waals surface area contributed by atoms with Crippen LogP contribution in [0.4, 0.5) is 11.4 Å². The van der Waals surface area contributed by atoms with Crippen molar-refractivity contribution in [2.45, 2.75) is 32.6 Å². The maximum Gasteiger partial charge on any atom is 0.265 e. The Morgan fingerprint density at radius 2 is 1.63 bits per heavy atom. The van der Waals surface area contributed by atoms with E-state index in [0.717, 1.165) is 32.5 Å². The molecule has 4 rings (SSSR count). The van der Waals surface area contributed by atoms with Gasteiger partial charge in [-0.15, -0.1) is 11.3 Å². The average molecular weight is 509 g/mol. The standard InChI is InChI=1S/C27H28N2O4S2/c1-6-29(35(31,32)23-10-8-22(33-5)9-11-23)21-7-12-24-20(15-21)16-25(34-24)27(30)28-26-18(3)13-17(2)14-19(26)4/h7-16H,6H2,1-5H3,(H,28,30). The van der Waals surface area contributed by atoms with Crippen molar-refractivity contribution in [1.82, 2.24) is 0 Å². The van der Waals surface area contributed by atoms with E-state index in [1.165, 1.54) is 34.9 Å². The van der Waals surface area contributed by atoms with Crippen LogP contribution in [-0.2, 0) is 10.0 Å². The molecular weight excluding hydrogens is 480 g/mol. The first-order valence-corrected chi connectivity index (χ1v) is 13.5. The summed E-state index contributed by atoms with van der Waals surface area (Å²) in [6.45, 7) is 8.06. The molecule has 1 amide bonds. The molecule has 1 aromatic heterocycles. The average Bonchev–Trinajstić information content (AvgIpc) is 3.25. The molecular formula is C27H28N2O4S2. The van der Waals surface area contributed by atoms with Gasteiger partial charge >= 0.3 is 0 Å². The number of methoxy groups -OCH3 is 1. The number of hydrogen-bond acceptors (Lipinski definition) is 5. The van der Waals surface area contributed by atoms with E-state index in [-0.39, 0.29) is 17.3 Å². The molecule has 0 bridgehead atoms. The molecule has 0 saturated carbocycles. The van der Waals surface area contributed by atoms with E-state index in [1.807, 2.05) is 51.1 Å². The summed E-state index contributed by atoms with van der Waals surface area (Å²) in [5.74, 6) is 0.412. The Kier molecular flexibility index (Phi) is 6.87. The molecule has 4 aromatic rings. The van der Waals surface area contributed by atoms with Gasteiger partial charge in [0.1, 0.15) is 5.75 Å². The number of anilines is 2. The van der Waals surface area contributed by atoms with E-state index >= 15 is 0 Å². The molecule has 0 aliphatic rings. The number of aryl methyl sites for hydroxylation is 3. The number of fused-ring (bicyclic) bond motifs is 1. The quantitative estimate of drug-likeness (QED) is 0.318. The van der Waals surface area contributed by atoms with Crippen LogP contribution in [0, 0.1) is 20.8 Å². The minimum Gasteiger partial charge on any atom is -0.497 e. The highest BCUT2D eigenvalue weighted by atomic mass is 32.2. The molecule has 0 aliphatic heterocycles. The van der Waals surface area contributed by atoms with Crippen molar-refractivity contribution in [2.24, 2.45) is 0 Å². The Balaban J connectivity index is 1.64. The lowest BCUT2D eigenvalue weighted by Crippen LogP contribution is -2.30. The molecule has 0 fully saturated rings. The third kappa shape index (κ3) is 4.90. The number of nitrogens with one attached hydrogen (secondary N) is 1. The number of sulfonamides is 1. The molecule has 0 unspecified atom stereocenters. The van der Waals surface area contributed by atoms with Crippen LogP contribution >= 0.6 is 11.3 Å². The molecule has 0 radical (unpaired) electrons. The minimum absolute atomic E-state index is 0.180. The predicted octanol–water partition coefficient (Wildman–Crippen LogP) is 6.30. The van der Waals surface area contributed by atoms with Crippen LogP contribution in [0.15, 0.2) is 65.6 Å². The van der Waals surface area contributed by atoms with Crippen molar-refractivity contribution in [1.29, 1.82) is 0 Å². The Bertz CT molecular complexity index is 1480. The van der Waals surface area contributed by atoms with Gasteiger partial charge in [0.2, 0.25) is 0 Å². The third-order valence-electron chi connectivity index (χ3n) is 5.86. The van der Waals surface area contributed by atoms with Crippen molar-refractivity contribution in [3.8, 4) is 5.75 Å². The van der Waals surface area contributed by atoms with Gasteiger partial charge in [-0.05, 0) is 92.7 Å². The Hall–Kier alpha value is -3.36. The fourth-order valence-corrected chi connectivity index (χ4v) is 6.62.